The Bertz CT molecular complexity index is 797. The number of benzene rings is 1. The molecular formula is C20H28N5O2S+. The van der Waals surface area contributed by atoms with Gasteiger partial charge in [0.15, 0.2) is 5.16 Å². The van der Waals surface area contributed by atoms with Crippen molar-refractivity contribution >= 4 is 23.4 Å². The molecule has 2 heterocycles. The van der Waals surface area contributed by atoms with Crippen molar-refractivity contribution < 1.29 is 14.4 Å². The van der Waals surface area contributed by atoms with Gasteiger partial charge >= 0.3 is 0 Å². The number of anilines is 1. The summed E-state index contributed by atoms with van der Waals surface area (Å²) in [6.45, 7) is 7.74. The number of thioether (sulfide) groups is 1. The maximum absolute atomic E-state index is 12.3. The average Bonchev–Trinajstić information content (AvgIpc) is 3.48. The van der Waals surface area contributed by atoms with Gasteiger partial charge in [0, 0.05) is 23.7 Å². The topological polar surface area (TPSA) is 73.5 Å². The molecular weight excluding hydrogens is 374 g/mol. The molecule has 0 atom stereocenters. The predicted octanol–water partition coefficient (Wildman–Crippen LogP) is 1.32. The van der Waals surface area contributed by atoms with Gasteiger partial charge in [0.05, 0.1) is 19.0 Å². The normalized spacial score (nSPS) is 17.6. The summed E-state index contributed by atoms with van der Waals surface area (Å²) in [7, 11) is 0. The molecule has 0 unspecified atom stereocenters. The maximum atomic E-state index is 12.3. The second kappa shape index (κ2) is 9.07. The van der Waals surface area contributed by atoms with Crippen LogP contribution in [0.3, 0.4) is 0 Å². The molecule has 4 rings (SSSR count). The van der Waals surface area contributed by atoms with Crippen LogP contribution in [0.15, 0.2) is 29.4 Å². The summed E-state index contributed by atoms with van der Waals surface area (Å²) in [5.74, 6) is 1.95. The van der Waals surface area contributed by atoms with Gasteiger partial charge in [-0.1, -0.05) is 23.9 Å². The number of aromatic nitrogens is 3. The Morgan fingerprint density at radius 3 is 2.68 bits per heavy atom. The first-order valence-electron chi connectivity index (χ1n) is 10.1. The molecule has 1 aliphatic heterocycles. The first-order chi connectivity index (χ1) is 13.7. The average molecular weight is 403 g/mol. The van der Waals surface area contributed by atoms with E-state index in [1.807, 2.05) is 12.1 Å². The summed E-state index contributed by atoms with van der Waals surface area (Å²) in [6.07, 6.45) is 2.40. The molecule has 1 aromatic carbocycles. The van der Waals surface area contributed by atoms with E-state index in [1.165, 1.54) is 30.2 Å². The van der Waals surface area contributed by atoms with Gasteiger partial charge in [-0.25, -0.2) is 0 Å². The molecule has 1 aromatic heterocycles. The molecule has 2 N–H and O–H groups in total. The van der Waals surface area contributed by atoms with Crippen molar-refractivity contribution in [3.8, 4) is 0 Å². The maximum Gasteiger partial charge on any atom is 0.234 e. The largest absolute Gasteiger partial charge is 0.370 e. The molecule has 1 saturated carbocycles. The Labute approximate surface area is 169 Å². The molecule has 0 spiro atoms. The number of nitrogens with one attached hydrogen (secondary N) is 2. The predicted molar refractivity (Wildman–Crippen MR) is 109 cm³/mol. The number of nitrogens with zero attached hydrogens (tertiary/aromatic N) is 3. The van der Waals surface area contributed by atoms with E-state index in [-0.39, 0.29) is 5.91 Å². The number of ether oxygens (including phenoxy) is 1. The first kappa shape index (κ1) is 19.4. The van der Waals surface area contributed by atoms with Crippen LogP contribution in [-0.4, -0.2) is 52.7 Å². The van der Waals surface area contributed by atoms with Crippen LogP contribution in [0, 0.1) is 0 Å². The SMILES string of the molecule is CCn1c(SCC(=O)Nc2ccc(C[NH+]3CCOCC3)cc2)nnc1C1CC1. The minimum absolute atomic E-state index is 0.0184. The van der Waals surface area contributed by atoms with E-state index in [0.29, 0.717) is 11.7 Å². The van der Waals surface area contributed by atoms with Crippen LogP contribution in [0.2, 0.25) is 0 Å². The van der Waals surface area contributed by atoms with Gasteiger partial charge < -0.3 is 19.5 Å². The van der Waals surface area contributed by atoms with Crippen LogP contribution in [0.1, 0.15) is 37.1 Å². The zero-order chi connectivity index (χ0) is 19.3. The zero-order valence-corrected chi connectivity index (χ0v) is 17.1. The molecule has 2 aliphatic rings. The lowest BCUT2D eigenvalue weighted by atomic mass is 10.2. The molecule has 2 aromatic rings. The van der Waals surface area contributed by atoms with E-state index in [4.69, 9.17) is 4.74 Å². The van der Waals surface area contributed by atoms with Gasteiger partial charge in [0.2, 0.25) is 5.91 Å². The van der Waals surface area contributed by atoms with Crippen molar-refractivity contribution in [3.63, 3.8) is 0 Å². The van der Waals surface area contributed by atoms with Crippen molar-refractivity contribution in [3.05, 3.63) is 35.7 Å². The highest BCUT2D eigenvalue weighted by atomic mass is 32.2. The Morgan fingerprint density at radius 1 is 1.25 bits per heavy atom. The molecule has 1 aliphatic carbocycles. The minimum Gasteiger partial charge on any atom is -0.370 e. The van der Waals surface area contributed by atoms with Crippen LogP contribution in [0.25, 0.3) is 0 Å². The summed E-state index contributed by atoms with van der Waals surface area (Å²) in [5.41, 5.74) is 2.12. The smallest absolute Gasteiger partial charge is 0.234 e. The van der Waals surface area contributed by atoms with Gasteiger partial charge in [0.25, 0.3) is 0 Å². The number of quaternary nitrogens is 1. The summed E-state index contributed by atoms with van der Waals surface area (Å²) in [4.78, 5) is 13.9. The number of rotatable bonds is 8. The highest BCUT2D eigenvalue weighted by molar-refractivity contribution is 7.99. The van der Waals surface area contributed by atoms with Crippen LogP contribution < -0.4 is 10.2 Å². The Morgan fingerprint density at radius 2 is 2.00 bits per heavy atom. The molecule has 2 fully saturated rings. The Balaban J connectivity index is 1.26. The van der Waals surface area contributed by atoms with Crippen LogP contribution >= 0.6 is 11.8 Å². The number of morpholine rings is 1. The Kier molecular flexibility index (Phi) is 6.29. The van der Waals surface area contributed by atoms with E-state index in [9.17, 15) is 4.79 Å². The van der Waals surface area contributed by atoms with Crippen molar-refractivity contribution in [2.24, 2.45) is 0 Å². The standard InChI is InChI=1S/C20H27N5O2S/c1-2-25-19(16-5-6-16)22-23-20(25)28-14-18(26)21-17-7-3-15(4-8-17)13-24-9-11-27-12-10-24/h3-4,7-8,16H,2,5-6,9-14H2,1H3,(H,21,26)/p+1. The summed E-state index contributed by atoms with van der Waals surface area (Å²) >= 11 is 1.45. The van der Waals surface area contributed by atoms with E-state index < -0.39 is 0 Å². The fourth-order valence-electron chi connectivity index (χ4n) is 3.51. The summed E-state index contributed by atoms with van der Waals surface area (Å²) in [6, 6.07) is 8.16. The monoisotopic (exact) mass is 402 g/mol. The van der Waals surface area contributed by atoms with Crippen LogP contribution in [0.5, 0.6) is 0 Å². The molecule has 0 bridgehead atoms. The highest BCUT2D eigenvalue weighted by Crippen LogP contribution is 2.39. The molecule has 150 valence electrons. The van der Waals surface area contributed by atoms with Gasteiger partial charge in [-0.15, -0.1) is 10.2 Å². The molecule has 8 heteroatoms. The summed E-state index contributed by atoms with van der Waals surface area (Å²) in [5, 5.41) is 12.4. The molecule has 7 nitrogen and oxygen atoms in total. The number of carbonyl (C=O) groups excluding carboxylic acids is 1. The van der Waals surface area contributed by atoms with Crippen LogP contribution in [0.4, 0.5) is 5.69 Å². The van der Waals surface area contributed by atoms with Crippen molar-refractivity contribution in [1.29, 1.82) is 0 Å². The third-order valence-electron chi connectivity index (χ3n) is 5.23. The van der Waals surface area contributed by atoms with Crippen molar-refractivity contribution in [1.82, 2.24) is 14.8 Å². The van der Waals surface area contributed by atoms with E-state index in [0.717, 1.165) is 56.1 Å². The number of carbonyl (C=O) groups is 1. The third-order valence-corrected chi connectivity index (χ3v) is 6.20. The molecule has 1 amide bonds. The van der Waals surface area contributed by atoms with Gasteiger partial charge in [0.1, 0.15) is 25.5 Å². The second-order valence-electron chi connectivity index (χ2n) is 7.43. The number of hydrogen-bond acceptors (Lipinski definition) is 5. The molecule has 1 saturated heterocycles. The molecule has 28 heavy (non-hydrogen) atoms. The lowest BCUT2D eigenvalue weighted by molar-refractivity contribution is -0.921. The van der Waals surface area contributed by atoms with E-state index in [2.05, 4.69) is 39.1 Å². The second-order valence-corrected chi connectivity index (χ2v) is 8.37. The Hall–Kier alpha value is -1.90. The van der Waals surface area contributed by atoms with E-state index in [1.54, 1.807) is 4.90 Å². The number of hydrogen-bond donors (Lipinski definition) is 2. The lowest BCUT2D eigenvalue weighted by Gasteiger charge is -2.23. The highest BCUT2D eigenvalue weighted by Gasteiger charge is 2.30. The molecule has 0 radical (unpaired) electrons. The quantitative estimate of drug-likeness (QED) is 0.652. The minimum atomic E-state index is -0.0184. The van der Waals surface area contributed by atoms with Crippen molar-refractivity contribution in [2.45, 2.75) is 43.9 Å². The van der Waals surface area contributed by atoms with Gasteiger partial charge in [-0.05, 0) is 31.9 Å². The third kappa shape index (κ3) is 4.92. The lowest BCUT2D eigenvalue weighted by Crippen LogP contribution is -3.12. The zero-order valence-electron chi connectivity index (χ0n) is 16.3. The van der Waals surface area contributed by atoms with Crippen LogP contribution in [-0.2, 0) is 22.6 Å². The van der Waals surface area contributed by atoms with Gasteiger partial charge in [-0.3, -0.25) is 4.79 Å². The first-order valence-corrected chi connectivity index (χ1v) is 11.1. The number of amides is 1. The van der Waals surface area contributed by atoms with E-state index >= 15 is 0 Å². The van der Waals surface area contributed by atoms with Gasteiger partial charge in [-0.2, -0.15) is 0 Å². The fourth-order valence-corrected chi connectivity index (χ4v) is 4.32. The summed E-state index contributed by atoms with van der Waals surface area (Å²) < 4.78 is 7.54. The fraction of sp³-hybridized carbons (Fsp3) is 0.550. The van der Waals surface area contributed by atoms with Crippen molar-refractivity contribution in [2.75, 3.05) is 37.4 Å².